The molecule has 1 saturated heterocycles. The molecule has 0 saturated carbocycles. The first-order chi connectivity index (χ1) is 11.2. The lowest BCUT2D eigenvalue weighted by atomic mass is 9.96. The summed E-state index contributed by atoms with van der Waals surface area (Å²) in [6.45, 7) is 5.63. The highest BCUT2D eigenvalue weighted by Crippen LogP contribution is 2.21. The number of aromatic nitrogens is 1. The Bertz CT molecular complexity index is 751. The first kappa shape index (κ1) is 18.5. The minimum absolute atomic E-state index is 0. The molecule has 1 aromatic carbocycles. The highest BCUT2D eigenvalue weighted by Gasteiger charge is 2.24. The molecule has 0 radical (unpaired) electrons. The number of piperidine rings is 1. The number of benzene rings is 1. The van der Waals surface area contributed by atoms with Crippen LogP contribution in [0.5, 0.6) is 0 Å². The number of aromatic amines is 1. The van der Waals surface area contributed by atoms with E-state index < -0.39 is 0 Å². The molecular formula is C18H24ClN3O2. The van der Waals surface area contributed by atoms with Crippen molar-refractivity contribution in [1.29, 1.82) is 0 Å². The van der Waals surface area contributed by atoms with Gasteiger partial charge in [0.05, 0.1) is 5.56 Å². The molecule has 2 heterocycles. The number of para-hydroxylation sites is 1. The number of fused-ring (bicyclic) bond motifs is 1. The van der Waals surface area contributed by atoms with Crippen LogP contribution < -0.4 is 10.9 Å². The smallest absolute Gasteiger partial charge is 0.254 e. The van der Waals surface area contributed by atoms with Crippen molar-refractivity contribution in [2.45, 2.75) is 19.8 Å². The molecule has 0 spiro atoms. The van der Waals surface area contributed by atoms with Crippen LogP contribution in [0.2, 0.25) is 0 Å². The molecule has 1 amide bonds. The van der Waals surface area contributed by atoms with E-state index in [4.69, 9.17) is 0 Å². The predicted molar refractivity (Wildman–Crippen MR) is 99.0 cm³/mol. The molecule has 0 unspecified atom stereocenters. The molecule has 2 aromatic rings. The zero-order valence-electron chi connectivity index (χ0n) is 13.9. The number of hydrogen-bond donors (Lipinski definition) is 2. The minimum atomic E-state index is -0.228. The molecule has 1 aliphatic heterocycles. The van der Waals surface area contributed by atoms with Gasteiger partial charge in [0, 0.05) is 30.1 Å². The molecule has 0 aliphatic carbocycles. The Labute approximate surface area is 147 Å². The first-order valence-electron chi connectivity index (χ1n) is 8.31. The van der Waals surface area contributed by atoms with Gasteiger partial charge in [0.1, 0.15) is 0 Å². The van der Waals surface area contributed by atoms with Gasteiger partial charge >= 0.3 is 0 Å². The van der Waals surface area contributed by atoms with Crippen LogP contribution >= 0.6 is 12.4 Å². The zero-order valence-corrected chi connectivity index (χ0v) is 14.7. The average molecular weight is 350 g/mol. The maximum atomic E-state index is 12.8. The summed E-state index contributed by atoms with van der Waals surface area (Å²) in [5.74, 6) is 0.601. The van der Waals surface area contributed by atoms with E-state index in [1.54, 1.807) is 0 Å². The van der Waals surface area contributed by atoms with Crippen molar-refractivity contribution in [3.05, 3.63) is 46.2 Å². The second-order valence-electron chi connectivity index (χ2n) is 6.14. The quantitative estimate of drug-likeness (QED) is 0.890. The lowest BCUT2D eigenvalue weighted by molar-refractivity contribution is 0.0692. The van der Waals surface area contributed by atoms with Crippen molar-refractivity contribution >= 4 is 29.2 Å². The maximum Gasteiger partial charge on any atom is 0.254 e. The molecule has 1 fully saturated rings. The summed E-state index contributed by atoms with van der Waals surface area (Å²) < 4.78 is 0. The third-order valence-corrected chi connectivity index (χ3v) is 4.57. The predicted octanol–water partition coefficient (Wildman–Crippen LogP) is 2.41. The van der Waals surface area contributed by atoms with E-state index in [1.807, 2.05) is 29.2 Å². The van der Waals surface area contributed by atoms with E-state index in [0.29, 0.717) is 17.0 Å². The van der Waals surface area contributed by atoms with E-state index in [1.165, 1.54) is 6.07 Å². The zero-order chi connectivity index (χ0) is 16.2. The fourth-order valence-electron chi connectivity index (χ4n) is 3.24. The van der Waals surface area contributed by atoms with Gasteiger partial charge in [-0.05, 0) is 37.9 Å². The van der Waals surface area contributed by atoms with Crippen molar-refractivity contribution in [3.63, 3.8) is 0 Å². The van der Waals surface area contributed by atoms with Gasteiger partial charge in [-0.3, -0.25) is 9.59 Å². The number of amides is 1. The fraction of sp³-hybridized carbons (Fsp3) is 0.444. The number of pyridine rings is 1. The van der Waals surface area contributed by atoms with Gasteiger partial charge in [-0.2, -0.15) is 0 Å². The van der Waals surface area contributed by atoms with E-state index in [0.717, 1.165) is 44.4 Å². The Morgan fingerprint density at radius 2 is 2.00 bits per heavy atom. The standard InChI is InChI=1S/C18H23N3O2.ClH/c1-2-19-12-13-7-9-21(10-8-13)18(23)15-11-17(22)20-16-6-4-3-5-14(15)16;/h3-6,11,13,19H,2,7-10,12H2,1H3,(H,20,22);1H. The molecular weight excluding hydrogens is 326 g/mol. The number of carbonyl (C=O) groups is 1. The normalized spacial score (nSPS) is 15.3. The minimum Gasteiger partial charge on any atom is -0.339 e. The molecule has 0 atom stereocenters. The fourth-order valence-corrected chi connectivity index (χ4v) is 3.24. The van der Waals surface area contributed by atoms with Gasteiger partial charge in [0.2, 0.25) is 5.56 Å². The molecule has 1 aliphatic rings. The van der Waals surface area contributed by atoms with Crippen LogP contribution in [-0.2, 0) is 0 Å². The number of carbonyl (C=O) groups excluding carboxylic acids is 1. The summed E-state index contributed by atoms with van der Waals surface area (Å²) >= 11 is 0. The Kier molecular flexibility index (Phi) is 6.40. The molecule has 2 N–H and O–H groups in total. The van der Waals surface area contributed by atoms with Crippen molar-refractivity contribution in [2.24, 2.45) is 5.92 Å². The van der Waals surface area contributed by atoms with E-state index in [-0.39, 0.29) is 23.9 Å². The van der Waals surface area contributed by atoms with Gasteiger partial charge in [-0.15, -0.1) is 12.4 Å². The first-order valence-corrected chi connectivity index (χ1v) is 8.31. The maximum absolute atomic E-state index is 12.8. The van der Waals surface area contributed by atoms with Gasteiger partial charge in [0.15, 0.2) is 0 Å². The number of halogens is 1. The van der Waals surface area contributed by atoms with Crippen LogP contribution in [0.1, 0.15) is 30.1 Å². The van der Waals surface area contributed by atoms with Crippen LogP contribution in [0.15, 0.2) is 35.1 Å². The second-order valence-corrected chi connectivity index (χ2v) is 6.14. The number of hydrogen-bond acceptors (Lipinski definition) is 3. The van der Waals surface area contributed by atoms with Crippen molar-refractivity contribution < 1.29 is 4.79 Å². The summed E-state index contributed by atoms with van der Waals surface area (Å²) in [4.78, 5) is 29.3. The molecule has 130 valence electrons. The average Bonchev–Trinajstić information content (AvgIpc) is 2.59. The number of nitrogens with one attached hydrogen (secondary N) is 2. The highest BCUT2D eigenvalue weighted by molar-refractivity contribution is 6.05. The van der Waals surface area contributed by atoms with Crippen LogP contribution in [0.4, 0.5) is 0 Å². The van der Waals surface area contributed by atoms with Crippen LogP contribution in [0.25, 0.3) is 10.9 Å². The number of rotatable bonds is 4. The molecule has 1 aromatic heterocycles. The molecule has 24 heavy (non-hydrogen) atoms. The Morgan fingerprint density at radius 3 is 2.71 bits per heavy atom. The molecule has 3 rings (SSSR count). The Balaban J connectivity index is 0.00000208. The molecule has 6 heteroatoms. The van der Waals surface area contributed by atoms with Crippen molar-refractivity contribution in [3.8, 4) is 0 Å². The Hall–Kier alpha value is -1.85. The van der Waals surface area contributed by atoms with Gasteiger partial charge < -0.3 is 15.2 Å². The summed E-state index contributed by atoms with van der Waals surface area (Å²) in [7, 11) is 0. The number of H-pyrrole nitrogens is 1. The largest absolute Gasteiger partial charge is 0.339 e. The lowest BCUT2D eigenvalue weighted by Gasteiger charge is -2.32. The van der Waals surface area contributed by atoms with Gasteiger partial charge in [-0.1, -0.05) is 25.1 Å². The topological polar surface area (TPSA) is 65.2 Å². The Morgan fingerprint density at radius 1 is 1.29 bits per heavy atom. The van der Waals surface area contributed by atoms with E-state index >= 15 is 0 Å². The summed E-state index contributed by atoms with van der Waals surface area (Å²) in [6, 6.07) is 8.89. The summed E-state index contributed by atoms with van der Waals surface area (Å²) in [5, 5.41) is 4.19. The summed E-state index contributed by atoms with van der Waals surface area (Å²) in [6.07, 6.45) is 2.03. The molecule has 5 nitrogen and oxygen atoms in total. The van der Waals surface area contributed by atoms with Crippen LogP contribution in [-0.4, -0.2) is 42.0 Å². The lowest BCUT2D eigenvalue weighted by Crippen LogP contribution is -2.41. The number of nitrogens with zero attached hydrogens (tertiary/aromatic N) is 1. The third kappa shape index (κ3) is 3.97. The number of likely N-dealkylation sites (tertiary alicyclic amines) is 1. The third-order valence-electron chi connectivity index (χ3n) is 4.57. The van der Waals surface area contributed by atoms with Crippen molar-refractivity contribution in [1.82, 2.24) is 15.2 Å². The van der Waals surface area contributed by atoms with E-state index in [9.17, 15) is 9.59 Å². The second kappa shape index (κ2) is 8.31. The molecule has 0 bridgehead atoms. The van der Waals surface area contributed by atoms with Gasteiger partial charge in [-0.25, -0.2) is 0 Å². The van der Waals surface area contributed by atoms with Gasteiger partial charge in [0.25, 0.3) is 5.91 Å². The monoisotopic (exact) mass is 349 g/mol. The van der Waals surface area contributed by atoms with Crippen LogP contribution in [0, 0.1) is 5.92 Å². The summed E-state index contributed by atoms with van der Waals surface area (Å²) in [5.41, 5.74) is 0.994. The van der Waals surface area contributed by atoms with Crippen molar-refractivity contribution in [2.75, 3.05) is 26.2 Å². The van der Waals surface area contributed by atoms with Crippen LogP contribution in [0.3, 0.4) is 0 Å². The van der Waals surface area contributed by atoms with E-state index in [2.05, 4.69) is 17.2 Å². The highest BCUT2D eigenvalue weighted by atomic mass is 35.5. The SMILES string of the molecule is CCNCC1CCN(C(=O)c2cc(=O)[nH]c3ccccc23)CC1.Cl.